The molecule has 1 aliphatic heterocycles. The van der Waals surface area contributed by atoms with Crippen molar-refractivity contribution in [1.29, 1.82) is 0 Å². The first-order valence-electron chi connectivity index (χ1n) is 5.11. The molecule has 1 aliphatic rings. The maximum atomic E-state index is 11.8. The van der Waals surface area contributed by atoms with Gasteiger partial charge in [-0.05, 0) is 18.0 Å². The number of rotatable bonds is 2. The Hall–Kier alpha value is -1.47. The molecule has 18 heavy (non-hydrogen) atoms. The van der Waals surface area contributed by atoms with Gasteiger partial charge in [0.15, 0.2) is 11.0 Å². The van der Waals surface area contributed by atoms with Crippen molar-refractivity contribution in [1.82, 2.24) is 20.1 Å². The van der Waals surface area contributed by atoms with Crippen molar-refractivity contribution >= 4 is 40.8 Å². The number of likely N-dealkylation sites (N-methyl/N-ethyl adjacent to an activating group) is 1. The first-order chi connectivity index (χ1) is 8.49. The fraction of sp³-hybridized carbons (Fsp3) is 0.444. The van der Waals surface area contributed by atoms with E-state index in [2.05, 4.69) is 20.5 Å². The number of amides is 2. The number of nitrogens with zero attached hydrogens (tertiary/aromatic N) is 4. The molecule has 0 saturated carbocycles. The molecule has 96 valence electrons. The Morgan fingerprint density at radius 1 is 1.33 bits per heavy atom. The standard InChI is InChI=1S/C9H9Cl2N5O2/c1-16-5(17)3-2-4(8(16)18)12-7-6(10)14-15-9(11)13-7/h4H,2-3H2,1H3,(H,12,13,15). The number of anilines is 1. The summed E-state index contributed by atoms with van der Waals surface area (Å²) < 4.78 is 0. The van der Waals surface area contributed by atoms with E-state index in [9.17, 15) is 9.59 Å². The van der Waals surface area contributed by atoms with Crippen molar-refractivity contribution in [3.8, 4) is 0 Å². The Morgan fingerprint density at radius 2 is 2.06 bits per heavy atom. The zero-order valence-corrected chi connectivity index (χ0v) is 10.9. The number of aromatic nitrogens is 3. The zero-order chi connectivity index (χ0) is 13.3. The smallest absolute Gasteiger partial charge is 0.251 e. The van der Waals surface area contributed by atoms with Gasteiger partial charge in [-0.2, -0.15) is 4.98 Å². The summed E-state index contributed by atoms with van der Waals surface area (Å²) in [5.74, 6) is -0.363. The Morgan fingerprint density at radius 3 is 2.78 bits per heavy atom. The summed E-state index contributed by atoms with van der Waals surface area (Å²) in [5, 5.41) is 9.79. The Labute approximate surface area is 112 Å². The van der Waals surface area contributed by atoms with Crippen LogP contribution in [-0.2, 0) is 9.59 Å². The topological polar surface area (TPSA) is 88.1 Å². The highest BCUT2D eigenvalue weighted by atomic mass is 35.5. The molecule has 0 bridgehead atoms. The fourth-order valence-electron chi connectivity index (χ4n) is 1.60. The quantitative estimate of drug-likeness (QED) is 0.808. The third kappa shape index (κ3) is 2.51. The van der Waals surface area contributed by atoms with E-state index in [1.54, 1.807) is 0 Å². The van der Waals surface area contributed by atoms with Crippen molar-refractivity contribution in [2.75, 3.05) is 12.4 Å². The van der Waals surface area contributed by atoms with Gasteiger partial charge in [0.05, 0.1) is 0 Å². The van der Waals surface area contributed by atoms with E-state index in [0.29, 0.717) is 6.42 Å². The van der Waals surface area contributed by atoms with Gasteiger partial charge in [-0.1, -0.05) is 11.6 Å². The van der Waals surface area contributed by atoms with Gasteiger partial charge in [0.2, 0.25) is 11.2 Å². The number of nitrogens with one attached hydrogen (secondary N) is 1. The first kappa shape index (κ1) is 13.0. The van der Waals surface area contributed by atoms with Crippen molar-refractivity contribution in [2.24, 2.45) is 0 Å². The Kier molecular flexibility index (Phi) is 3.63. The van der Waals surface area contributed by atoms with Crippen LogP contribution < -0.4 is 5.32 Å². The average Bonchev–Trinajstić information content (AvgIpc) is 2.34. The molecule has 1 aromatic heterocycles. The normalized spacial score (nSPS) is 20.2. The zero-order valence-electron chi connectivity index (χ0n) is 9.35. The van der Waals surface area contributed by atoms with Gasteiger partial charge in [0, 0.05) is 13.5 Å². The van der Waals surface area contributed by atoms with Gasteiger partial charge in [-0.15, -0.1) is 10.2 Å². The van der Waals surface area contributed by atoms with Crippen LogP contribution in [0, 0.1) is 0 Å². The lowest BCUT2D eigenvalue weighted by Gasteiger charge is -2.28. The second-order valence-electron chi connectivity index (χ2n) is 3.75. The molecular weight excluding hydrogens is 281 g/mol. The van der Waals surface area contributed by atoms with Gasteiger partial charge in [-0.3, -0.25) is 14.5 Å². The molecule has 2 amide bonds. The molecule has 1 aromatic rings. The highest BCUT2D eigenvalue weighted by Crippen LogP contribution is 2.21. The van der Waals surface area contributed by atoms with Crippen molar-refractivity contribution in [3.63, 3.8) is 0 Å². The third-order valence-electron chi connectivity index (χ3n) is 2.58. The number of hydrogen-bond acceptors (Lipinski definition) is 6. The van der Waals surface area contributed by atoms with Crippen LogP contribution in [0.3, 0.4) is 0 Å². The van der Waals surface area contributed by atoms with Crippen LogP contribution in [0.1, 0.15) is 12.8 Å². The summed E-state index contributed by atoms with van der Waals surface area (Å²) in [4.78, 5) is 28.1. The lowest BCUT2D eigenvalue weighted by molar-refractivity contribution is -0.146. The summed E-state index contributed by atoms with van der Waals surface area (Å²) in [6.45, 7) is 0. The average molecular weight is 290 g/mol. The van der Waals surface area contributed by atoms with E-state index in [4.69, 9.17) is 23.2 Å². The van der Waals surface area contributed by atoms with Gasteiger partial charge >= 0.3 is 0 Å². The lowest BCUT2D eigenvalue weighted by Crippen LogP contribution is -2.48. The predicted molar refractivity (Wildman–Crippen MR) is 64.3 cm³/mol. The van der Waals surface area contributed by atoms with Crippen LogP contribution in [0.5, 0.6) is 0 Å². The molecule has 1 N–H and O–H groups in total. The molecule has 1 unspecified atom stereocenters. The molecule has 0 spiro atoms. The maximum Gasteiger partial charge on any atom is 0.251 e. The van der Waals surface area contributed by atoms with E-state index in [1.807, 2.05) is 0 Å². The molecule has 7 nitrogen and oxygen atoms in total. The molecule has 0 aliphatic carbocycles. The van der Waals surface area contributed by atoms with Crippen molar-refractivity contribution < 1.29 is 9.59 Å². The van der Waals surface area contributed by atoms with Crippen LogP contribution in [-0.4, -0.2) is 45.0 Å². The van der Waals surface area contributed by atoms with Crippen LogP contribution in [0.2, 0.25) is 10.4 Å². The monoisotopic (exact) mass is 289 g/mol. The van der Waals surface area contributed by atoms with E-state index in [0.717, 1.165) is 4.90 Å². The molecule has 2 rings (SSSR count). The van der Waals surface area contributed by atoms with Crippen LogP contribution in [0.15, 0.2) is 0 Å². The molecular formula is C9H9Cl2N5O2. The van der Waals surface area contributed by atoms with Crippen molar-refractivity contribution in [3.05, 3.63) is 10.4 Å². The molecule has 2 heterocycles. The number of hydrogen-bond donors (Lipinski definition) is 1. The summed E-state index contributed by atoms with van der Waals surface area (Å²) in [5.41, 5.74) is 0. The number of piperidine rings is 1. The van der Waals surface area contributed by atoms with Gasteiger partial charge in [-0.25, -0.2) is 0 Å². The SMILES string of the molecule is CN1C(=O)CCC(Nc2nc(Cl)nnc2Cl)C1=O. The first-order valence-corrected chi connectivity index (χ1v) is 5.87. The lowest BCUT2D eigenvalue weighted by atomic mass is 10.0. The minimum absolute atomic E-state index is 0.0201. The minimum Gasteiger partial charge on any atom is -0.356 e. The molecule has 1 fully saturated rings. The molecule has 0 radical (unpaired) electrons. The van der Waals surface area contributed by atoms with Crippen LogP contribution in [0.25, 0.3) is 0 Å². The molecule has 1 atom stereocenters. The number of likely N-dealkylation sites (tertiary alicyclic amines) is 1. The largest absolute Gasteiger partial charge is 0.356 e. The van der Waals surface area contributed by atoms with Crippen molar-refractivity contribution in [2.45, 2.75) is 18.9 Å². The third-order valence-corrected chi connectivity index (χ3v) is 3.00. The Bertz CT molecular complexity index is 510. The second kappa shape index (κ2) is 5.03. The van der Waals surface area contributed by atoms with E-state index in [-0.39, 0.29) is 34.5 Å². The summed E-state index contributed by atoms with van der Waals surface area (Å²) in [7, 11) is 1.44. The minimum atomic E-state index is -0.571. The molecule has 1 saturated heterocycles. The predicted octanol–water partition coefficient (Wildman–Crippen LogP) is 0.738. The van der Waals surface area contributed by atoms with E-state index >= 15 is 0 Å². The second-order valence-corrected chi connectivity index (χ2v) is 4.44. The molecule has 9 heteroatoms. The number of imide groups is 1. The Balaban J connectivity index is 2.16. The number of halogens is 2. The van der Waals surface area contributed by atoms with Crippen LogP contribution >= 0.6 is 23.2 Å². The van der Waals surface area contributed by atoms with Gasteiger partial charge in [0.25, 0.3) is 5.91 Å². The van der Waals surface area contributed by atoms with E-state index in [1.165, 1.54) is 7.05 Å². The number of carbonyl (C=O) groups excluding carboxylic acids is 2. The fourth-order valence-corrected chi connectivity index (χ4v) is 1.86. The molecule has 0 aromatic carbocycles. The van der Waals surface area contributed by atoms with Crippen LogP contribution in [0.4, 0.5) is 5.82 Å². The highest BCUT2D eigenvalue weighted by molar-refractivity contribution is 6.32. The van der Waals surface area contributed by atoms with E-state index < -0.39 is 6.04 Å². The highest BCUT2D eigenvalue weighted by Gasteiger charge is 2.32. The summed E-state index contributed by atoms with van der Waals surface area (Å²) in [6, 6.07) is -0.571. The maximum absolute atomic E-state index is 11.8. The van der Waals surface area contributed by atoms with Gasteiger partial charge in [0.1, 0.15) is 6.04 Å². The number of carbonyl (C=O) groups is 2. The summed E-state index contributed by atoms with van der Waals surface area (Å²) in [6.07, 6.45) is 0.656. The summed E-state index contributed by atoms with van der Waals surface area (Å²) >= 11 is 11.4. The van der Waals surface area contributed by atoms with Gasteiger partial charge < -0.3 is 5.32 Å².